The van der Waals surface area contributed by atoms with Crippen LogP contribution in [-0.2, 0) is 0 Å². The molecule has 0 saturated heterocycles. The van der Waals surface area contributed by atoms with E-state index in [4.69, 9.17) is 0 Å². The van der Waals surface area contributed by atoms with E-state index in [0.29, 0.717) is 0 Å². The lowest BCUT2D eigenvalue weighted by atomic mass is 10.2. The fraction of sp³-hybridized carbons (Fsp3) is 0.111. The molecule has 2 N–H and O–H groups in total. The second-order valence-electron chi connectivity index (χ2n) is 5.74. The van der Waals surface area contributed by atoms with E-state index in [-0.39, 0.29) is 24.5 Å². The molecule has 0 bridgehead atoms. The summed E-state index contributed by atoms with van der Waals surface area (Å²) < 4.78 is 0. The van der Waals surface area contributed by atoms with E-state index in [2.05, 4.69) is 34.3 Å². The average molecular weight is 440 g/mol. The molecule has 0 amide bonds. The number of nitro groups is 4. The molecule has 162 valence electrons. The zero-order valence-corrected chi connectivity index (χ0v) is 15.9. The van der Waals surface area contributed by atoms with Gasteiger partial charge in [-0.05, 0) is 24.0 Å². The highest BCUT2D eigenvalue weighted by Gasteiger charge is 2.19. The maximum absolute atomic E-state index is 11.0. The molecule has 2 aromatic carbocycles. The van der Waals surface area contributed by atoms with Gasteiger partial charge in [0.2, 0.25) is 0 Å². The second-order valence-corrected chi connectivity index (χ2v) is 5.74. The zero-order chi connectivity index (χ0) is 23.7. The minimum absolute atomic E-state index is 0.0332. The number of hydrogen-bond donors (Lipinski definition) is 2. The SMILES string of the molecule is O=[N+]([O-])c1ccc(NCC#CC#CCNc2ccc([N+](=O)[O-])cc2[N+](=O)[O-])c([N+](=O)[O-])c1. The third-order valence-corrected chi connectivity index (χ3v) is 3.75. The summed E-state index contributed by atoms with van der Waals surface area (Å²) in [5.41, 5.74) is -1.67. The molecule has 0 heterocycles. The van der Waals surface area contributed by atoms with Gasteiger partial charge in [0.1, 0.15) is 11.4 Å². The first-order chi connectivity index (χ1) is 15.2. The van der Waals surface area contributed by atoms with Crippen molar-refractivity contribution >= 4 is 34.1 Å². The van der Waals surface area contributed by atoms with Crippen LogP contribution in [0.1, 0.15) is 0 Å². The Morgan fingerprint density at radius 3 is 1.31 bits per heavy atom. The highest BCUT2D eigenvalue weighted by Crippen LogP contribution is 2.29. The van der Waals surface area contributed by atoms with Crippen LogP contribution >= 0.6 is 0 Å². The van der Waals surface area contributed by atoms with E-state index in [1.807, 2.05) is 0 Å². The van der Waals surface area contributed by atoms with Crippen LogP contribution in [-0.4, -0.2) is 32.8 Å². The van der Waals surface area contributed by atoms with Gasteiger partial charge < -0.3 is 10.6 Å². The molecule has 0 radical (unpaired) electrons. The van der Waals surface area contributed by atoms with Crippen molar-refractivity contribution in [2.75, 3.05) is 23.7 Å². The number of rotatable bonds is 8. The number of anilines is 2. The van der Waals surface area contributed by atoms with Crippen molar-refractivity contribution in [3.63, 3.8) is 0 Å². The minimum atomic E-state index is -0.758. The first-order valence-corrected chi connectivity index (χ1v) is 8.50. The molecule has 14 heteroatoms. The van der Waals surface area contributed by atoms with Crippen molar-refractivity contribution in [1.29, 1.82) is 0 Å². The van der Waals surface area contributed by atoms with Crippen LogP contribution in [0.2, 0.25) is 0 Å². The van der Waals surface area contributed by atoms with Crippen LogP contribution in [0, 0.1) is 64.1 Å². The van der Waals surface area contributed by atoms with Crippen LogP contribution in [0.4, 0.5) is 34.1 Å². The lowest BCUT2D eigenvalue weighted by Crippen LogP contribution is -2.03. The number of nitrogens with zero attached hydrogens (tertiary/aromatic N) is 4. The molecular weight excluding hydrogens is 428 g/mol. The first kappa shape index (κ1) is 23.0. The third-order valence-electron chi connectivity index (χ3n) is 3.75. The Morgan fingerprint density at radius 2 is 1.00 bits per heavy atom. The van der Waals surface area contributed by atoms with Crippen LogP contribution in [0.15, 0.2) is 36.4 Å². The first-order valence-electron chi connectivity index (χ1n) is 8.50. The Morgan fingerprint density at radius 1 is 0.625 bits per heavy atom. The van der Waals surface area contributed by atoms with Crippen LogP contribution in [0.3, 0.4) is 0 Å². The number of nitrogens with one attached hydrogen (secondary N) is 2. The molecule has 0 aliphatic rings. The van der Waals surface area contributed by atoms with E-state index in [0.717, 1.165) is 24.3 Å². The third kappa shape index (κ3) is 6.13. The minimum Gasteiger partial charge on any atom is -0.369 e. The van der Waals surface area contributed by atoms with Gasteiger partial charge in [0.05, 0.1) is 44.9 Å². The summed E-state index contributed by atoms with van der Waals surface area (Å²) in [5.74, 6) is 10.1. The Kier molecular flexibility index (Phi) is 7.57. The van der Waals surface area contributed by atoms with Gasteiger partial charge in [-0.2, -0.15) is 0 Å². The largest absolute Gasteiger partial charge is 0.369 e. The van der Waals surface area contributed by atoms with E-state index in [9.17, 15) is 40.5 Å². The monoisotopic (exact) mass is 440 g/mol. The lowest BCUT2D eigenvalue weighted by Gasteiger charge is -2.03. The van der Waals surface area contributed by atoms with Crippen molar-refractivity contribution in [1.82, 2.24) is 0 Å². The Hall–Kier alpha value is -5.24. The highest BCUT2D eigenvalue weighted by atomic mass is 16.6. The summed E-state index contributed by atoms with van der Waals surface area (Å²) in [6, 6.07) is 6.30. The molecular formula is C18H12N6O8. The van der Waals surface area contributed by atoms with Gasteiger partial charge in [0, 0.05) is 12.1 Å². The second kappa shape index (κ2) is 10.5. The van der Waals surface area contributed by atoms with Gasteiger partial charge >= 0.3 is 0 Å². The average Bonchev–Trinajstić information content (AvgIpc) is 2.75. The summed E-state index contributed by atoms with van der Waals surface area (Å²) in [7, 11) is 0. The molecule has 2 aromatic rings. The van der Waals surface area contributed by atoms with E-state index < -0.39 is 42.4 Å². The molecule has 0 unspecified atom stereocenters. The summed E-state index contributed by atoms with van der Waals surface area (Å²) in [6.07, 6.45) is 0. The number of hydrogen-bond acceptors (Lipinski definition) is 10. The molecule has 2 rings (SSSR count). The Labute approximate surface area is 178 Å². The molecule has 0 aromatic heterocycles. The Balaban J connectivity index is 1.95. The zero-order valence-electron chi connectivity index (χ0n) is 15.9. The van der Waals surface area contributed by atoms with Crippen LogP contribution in [0.25, 0.3) is 0 Å². The summed E-state index contributed by atoms with van der Waals surface area (Å²) in [5, 5.41) is 48.8. The number of nitro benzene ring substituents is 4. The van der Waals surface area contributed by atoms with Gasteiger partial charge in [0.25, 0.3) is 22.7 Å². The van der Waals surface area contributed by atoms with E-state index in [1.54, 1.807) is 0 Å². The predicted octanol–water partition coefficient (Wildman–Crippen LogP) is 2.85. The highest BCUT2D eigenvalue weighted by molar-refractivity contribution is 5.66. The summed E-state index contributed by atoms with van der Waals surface area (Å²) in [6.45, 7) is -0.0663. The summed E-state index contributed by atoms with van der Waals surface area (Å²) >= 11 is 0. The maximum Gasteiger partial charge on any atom is 0.299 e. The molecule has 0 spiro atoms. The predicted molar refractivity (Wildman–Crippen MR) is 112 cm³/mol. The molecule has 0 fully saturated rings. The van der Waals surface area contributed by atoms with E-state index in [1.165, 1.54) is 12.1 Å². The van der Waals surface area contributed by atoms with Crippen molar-refractivity contribution in [2.45, 2.75) is 0 Å². The molecule has 32 heavy (non-hydrogen) atoms. The lowest BCUT2D eigenvalue weighted by molar-refractivity contribution is -0.393. The number of non-ortho nitro benzene ring substituents is 2. The standard InChI is InChI=1S/C18H12N6O8/c25-21(26)13-5-7-15(17(11-13)23(29)30)19-9-3-1-2-4-10-20-16-8-6-14(22(27)28)12-18(16)24(31)32/h5-8,11-12,19-20H,9-10H2. The molecule has 14 nitrogen and oxygen atoms in total. The summed E-state index contributed by atoms with van der Waals surface area (Å²) in [4.78, 5) is 40.5. The Bertz CT molecular complexity index is 1130. The van der Waals surface area contributed by atoms with Crippen molar-refractivity contribution in [3.8, 4) is 23.7 Å². The van der Waals surface area contributed by atoms with Gasteiger partial charge in [-0.25, -0.2) is 0 Å². The van der Waals surface area contributed by atoms with Gasteiger partial charge in [-0.3, -0.25) is 40.5 Å². The maximum atomic E-state index is 11.0. The molecule has 0 aliphatic carbocycles. The molecule has 0 saturated carbocycles. The van der Waals surface area contributed by atoms with Crippen molar-refractivity contribution < 1.29 is 19.7 Å². The molecule has 0 aliphatic heterocycles. The number of benzene rings is 2. The van der Waals surface area contributed by atoms with E-state index >= 15 is 0 Å². The van der Waals surface area contributed by atoms with Gasteiger partial charge in [-0.1, -0.05) is 11.8 Å². The fourth-order valence-corrected chi connectivity index (χ4v) is 2.32. The van der Waals surface area contributed by atoms with Gasteiger partial charge in [-0.15, -0.1) is 0 Å². The van der Waals surface area contributed by atoms with Crippen LogP contribution in [0.5, 0.6) is 0 Å². The van der Waals surface area contributed by atoms with Crippen molar-refractivity contribution in [2.24, 2.45) is 0 Å². The van der Waals surface area contributed by atoms with Crippen molar-refractivity contribution in [3.05, 3.63) is 76.9 Å². The topological polar surface area (TPSA) is 197 Å². The quantitative estimate of drug-likeness (QED) is 0.349. The van der Waals surface area contributed by atoms with Crippen LogP contribution < -0.4 is 10.6 Å². The normalized spacial score (nSPS) is 9.38. The molecule has 0 atom stereocenters. The fourth-order valence-electron chi connectivity index (χ4n) is 2.32. The van der Waals surface area contributed by atoms with Gasteiger partial charge in [0.15, 0.2) is 0 Å². The smallest absolute Gasteiger partial charge is 0.299 e.